The molecular weight excluding hydrogens is 1430 g/mol. The largest absolute Gasteiger partial charge is 0.354 e. The van der Waals surface area contributed by atoms with E-state index in [1.165, 1.54) is 0 Å². The van der Waals surface area contributed by atoms with Crippen molar-refractivity contribution in [1.82, 2.24) is 19.4 Å². The van der Waals surface area contributed by atoms with Gasteiger partial charge in [0.15, 0.2) is 140 Å². The third-order valence-electron chi connectivity index (χ3n) is 16.4. The molecule has 6 nitrogen and oxygen atoms in total. The lowest BCUT2D eigenvalue weighted by atomic mass is 9.98. The lowest BCUT2D eigenvalue weighted by Gasteiger charge is -2.15. The number of nitrogens with one attached hydrogen (secondary N) is 3. The maximum atomic E-state index is 16.9. The summed E-state index contributed by atoms with van der Waals surface area (Å²) in [6, 6.07) is 3.65. The van der Waals surface area contributed by atoms with Crippen molar-refractivity contribution < 1.29 is 127 Å². The van der Waals surface area contributed by atoms with Crippen LogP contribution in [0.2, 0.25) is 0 Å². The zero-order valence-corrected chi connectivity index (χ0v) is 47.7. The second kappa shape index (κ2) is 23.1. The monoisotopic (exact) mass is 1440 g/mol. The minimum atomic E-state index is -2.91. The topological polar surface area (TPSA) is 76.5 Å². The Morgan fingerprint density at radius 2 is 0.515 bits per heavy atom. The number of fused-ring (bicyclic) bond motifs is 11. The number of rotatable bonds is 5. The molecule has 11 aromatic rings. The summed E-state index contributed by atoms with van der Waals surface area (Å²) in [5.41, 5.74) is -32.1. The van der Waals surface area contributed by atoms with E-state index in [0.717, 1.165) is 0 Å². The Labute approximate surface area is 536 Å². The summed E-state index contributed by atoms with van der Waals surface area (Å²) in [5, 5.41) is -5.37. The van der Waals surface area contributed by atoms with Gasteiger partial charge in [-0.25, -0.2) is 137 Å². The minimum Gasteiger partial charge on any atom is -0.354 e. The van der Waals surface area contributed by atoms with Gasteiger partial charge in [-0.15, -0.1) is 0 Å². The van der Waals surface area contributed by atoms with Crippen LogP contribution in [0.1, 0.15) is 56.2 Å². The standard InChI is InChI=1S/C66H15F29N6/c67-37-31(38(68)49(79)59(89)48(37)78)25-13-1-2-14(96-13)26(32-39(69)50(80)60(90)51(81)40(32)70)16-4-6-18(98-16)28(34-43(73)54(84)62(92)55(85)44(34)74)20-8-10-22(100-20)30-24-12-11-23(101(24)66-36(30)47(77)58(88)64(94)65(66)95)29(35-45(75)56(86)63(93)57(87)46(35)76)21-9-7-19(99-21)27(17-5-3-15(25)97-17)33-41(71)52(82)61(91)53(83)42(33)72/h1-12,97-99H. The van der Waals surface area contributed by atoms with Crippen LogP contribution in [0.25, 0.3) is 44.3 Å². The van der Waals surface area contributed by atoms with Crippen molar-refractivity contribution in [3.05, 3.63) is 325 Å². The van der Waals surface area contributed by atoms with Gasteiger partial charge in [0.25, 0.3) is 0 Å². The van der Waals surface area contributed by atoms with Crippen LogP contribution in [-0.2, 0) is 0 Å². The highest BCUT2D eigenvalue weighted by Gasteiger charge is 2.40. The lowest BCUT2D eigenvalue weighted by Crippen LogP contribution is -2.23. The first-order valence-electron chi connectivity index (χ1n) is 27.5. The Hall–Kier alpha value is -11.8. The third-order valence-corrected chi connectivity index (χ3v) is 16.4. The van der Waals surface area contributed by atoms with E-state index in [2.05, 4.69) is 24.9 Å². The molecule has 0 spiro atoms. The van der Waals surface area contributed by atoms with Gasteiger partial charge in [-0.2, -0.15) is 0 Å². The molecule has 0 unspecified atom stereocenters. The molecule has 6 aromatic carbocycles. The average molecular weight is 1440 g/mol. The summed E-state index contributed by atoms with van der Waals surface area (Å²) < 4.78 is 461. The van der Waals surface area contributed by atoms with Crippen molar-refractivity contribution in [2.75, 3.05) is 0 Å². The van der Waals surface area contributed by atoms with Gasteiger partial charge in [-0.05, 0) is 72.8 Å². The smallest absolute Gasteiger partial charge is 0.200 e. The van der Waals surface area contributed by atoms with Crippen LogP contribution in [0.5, 0.6) is 0 Å². The molecule has 0 saturated heterocycles. The number of nitrogens with zero attached hydrogens (tertiary/aromatic N) is 3. The Morgan fingerprint density at radius 1 is 0.228 bits per heavy atom. The molecule has 3 aliphatic heterocycles. The molecule has 0 amide bonds. The van der Waals surface area contributed by atoms with Crippen LogP contribution in [0.15, 0.2) is 94.2 Å². The molecule has 0 atom stereocenters. The number of aromatic nitrogens is 4. The summed E-state index contributed by atoms with van der Waals surface area (Å²) >= 11 is 0. The Kier molecular flexibility index (Phi) is 15.2. The van der Waals surface area contributed by atoms with E-state index in [4.69, 9.17) is 0 Å². The first-order chi connectivity index (χ1) is 47.7. The fraction of sp³-hybridized carbons (Fsp3) is 0. The van der Waals surface area contributed by atoms with Crippen molar-refractivity contribution in [2.24, 2.45) is 9.98 Å². The van der Waals surface area contributed by atoms with Gasteiger partial charge in [0, 0.05) is 66.9 Å². The first kappa shape index (κ1) is 66.4. The molecule has 8 heterocycles. The molecule has 101 heavy (non-hydrogen) atoms. The highest BCUT2D eigenvalue weighted by Crippen LogP contribution is 2.45. The summed E-state index contributed by atoms with van der Waals surface area (Å²) in [6.07, 6.45) is 1.87. The van der Waals surface area contributed by atoms with Gasteiger partial charge in [-0.1, -0.05) is 0 Å². The number of halogens is 29. The number of aliphatic imine (C=N–C) groups is 2. The maximum absolute atomic E-state index is 16.9. The van der Waals surface area contributed by atoms with E-state index < -0.39 is 308 Å². The molecular formula is C66H15F29N6. The van der Waals surface area contributed by atoms with Gasteiger partial charge in [0.2, 0.25) is 29.1 Å². The van der Waals surface area contributed by atoms with E-state index >= 15 is 105 Å². The lowest BCUT2D eigenvalue weighted by molar-refractivity contribution is 0.376. The number of H-pyrrole nitrogens is 3. The van der Waals surface area contributed by atoms with Crippen LogP contribution in [0, 0.1) is 169 Å². The molecule has 0 fully saturated rings. The average Bonchev–Trinajstić information content (AvgIpc) is 1.69. The normalized spacial score (nSPS) is 14.1. The molecule has 14 rings (SSSR count). The molecule has 5 aromatic heterocycles. The van der Waals surface area contributed by atoms with Crippen LogP contribution < -0.4 is 16.0 Å². The van der Waals surface area contributed by atoms with Crippen molar-refractivity contribution in [1.29, 1.82) is 0 Å². The number of hydrogen-bond acceptors (Lipinski definition) is 2. The SMILES string of the molecule is Fc1c(F)c(F)c(C2=C3C=CC(=N3)C(c3c(F)c(F)c(F)c(F)c3F)=c3ccc([nH]3)=C(c3c(F)c(F)c(F)c(F)c3F)c3ccc([nH]3)C(c3c(F)c(F)c(F)c(F)c3F)=c3ccc4c(c5c(F)c(F)c(F)c(F)c5n34)C3=NC(=C(c4c(F)c(F)c(F)c(F)c4F)c4ccc2[nH]4)C=C3)c(F)c1F. The summed E-state index contributed by atoms with van der Waals surface area (Å²) in [7, 11) is 0. The van der Waals surface area contributed by atoms with Crippen molar-refractivity contribution >= 4 is 55.7 Å². The molecule has 35 heteroatoms. The van der Waals surface area contributed by atoms with Crippen LogP contribution in [0.3, 0.4) is 0 Å². The van der Waals surface area contributed by atoms with Crippen LogP contribution in [0.4, 0.5) is 127 Å². The van der Waals surface area contributed by atoms with Crippen LogP contribution >= 0.6 is 0 Å². The number of hydrogen-bond donors (Lipinski definition) is 3. The fourth-order valence-corrected chi connectivity index (χ4v) is 12.0. The highest BCUT2D eigenvalue weighted by molar-refractivity contribution is 6.30. The summed E-state index contributed by atoms with van der Waals surface area (Å²) in [6.45, 7) is 0. The minimum absolute atomic E-state index is 0.125. The van der Waals surface area contributed by atoms with Gasteiger partial charge in [0.05, 0.1) is 72.4 Å². The molecule has 3 N–H and O–H groups in total. The van der Waals surface area contributed by atoms with E-state index in [9.17, 15) is 22.0 Å². The van der Waals surface area contributed by atoms with E-state index in [1.54, 1.807) is 0 Å². The van der Waals surface area contributed by atoms with Gasteiger partial charge < -0.3 is 19.4 Å². The fourth-order valence-electron chi connectivity index (χ4n) is 12.0. The summed E-state index contributed by atoms with van der Waals surface area (Å²) in [5.74, 6) is -81.5. The third kappa shape index (κ3) is 9.25. The Morgan fingerprint density at radius 3 is 0.911 bits per heavy atom. The molecule has 0 aliphatic carbocycles. The van der Waals surface area contributed by atoms with Crippen LogP contribution in [-0.4, -0.2) is 30.8 Å². The Balaban J connectivity index is 1.24. The maximum Gasteiger partial charge on any atom is 0.200 e. The second-order valence-corrected chi connectivity index (χ2v) is 21.7. The molecule has 0 radical (unpaired) electrons. The van der Waals surface area contributed by atoms with Crippen molar-refractivity contribution in [2.45, 2.75) is 0 Å². The zero-order valence-electron chi connectivity index (χ0n) is 47.7. The van der Waals surface area contributed by atoms with Crippen molar-refractivity contribution in [3.63, 3.8) is 0 Å². The van der Waals surface area contributed by atoms with Gasteiger partial charge in [0.1, 0.15) is 0 Å². The summed E-state index contributed by atoms with van der Waals surface area (Å²) in [4.78, 5) is 14.4. The number of benzene rings is 6. The molecule has 3 aliphatic rings. The predicted octanol–water partition coefficient (Wildman–Crippen LogP) is 16.1. The van der Waals surface area contributed by atoms with E-state index in [-0.39, 0.29) is 4.40 Å². The zero-order chi connectivity index (χ0) is 72.8. The van der Waals surface area contributed by atoms with Gasteiger partial charge >= 0.3 is 0 Å². The van der Waals surface area contributed by atoms with E-state index in [1.807, 2.05) is 0 Å². The first-order valence-corrected chi connectivity index (χ1v) is 27.5. The number of aromatic amines is 3. The second-order valence-electron chi connectivity index (χ2n) is 21.7. The highest BCUT2D eigenvalue weighted by atomic mass is 19.2. The Bertz CT molecular complexity index is 5990. The molecule has 512 valence electrons. The van der Waals surface area contributed by atoms with Gasteiger partial charge in [-0.3, -0.25) is 0 Å². The van der Waals surface area contributed by atoms with E-state index in [0.29, 0.717) is 72.8 Å². The molecule has 0 saturated carbocycles. The van der Waals surface area contributed by atoms with Crippen molar-refractivity contribution in [3.8, 4) is 0 Å². The predicted molar refractivity (Wildman–Crippen MR) is 293 cm³/mol. The molecule has 14 bridgehead atoms. The quantitative estimate of drug-likeness (QED) is 0.0873. The number of allylic oxidation sites excluding steroid dienone is 4.